The van der Waals surface area contributed by atoms with Crippen LogP contribution in [0.25, 0.3) is 0 Å². The van der Waals surface area contributed by atoms with E-state index in [-0.39, 0.29) is 11.3 Å². The van der Waals surface area contributed by atoms with Gasteiger partial charge in [0, 0.05) is 12.1 Å². The largest absolute Gasteiger partial charge is 0.453 e. The van der Waals surface area contributed by atoms with Gasteiger partial charge in [0.1, 0.15) is 0 Å². The Morgan fingerprint density at radius 3 is 2.48 bits per heavy atom. The van der Waals surface area contributed by atoms with E-state index in [9.17, 15) is 18.0 Å². The first-order chi connectivity index (χ1) is 11.8. The molecular formula is C16H18N2O5S2. The van der Waals surface area contributed by atoms with Crippen LogP contribution < -0.4 is 10.5 Å². The third-order valence-electron chi connectivity index (χ3n) is 3.33. The number of nitrogens with one attached hydrogen (secondary N) is 1. The Kier molecular flexibility index (Phi) is 6.29. The molecule has 0 saturated carbocycles. The van der Waals surface area contributed by atoms with Crippen molar-refractivity contribution in [1.82, 2.24) is 0 Å². The molecule has 0 aliphatic heterocycles. The number of nitrogens with two attached hydrogens (primary N) is 1. The highest BCUT2D eigenvalue weighted by molar-refractivity contribution is 7.89. The van der Waals surface area contributed by atoms with Crippen molar-refractivity contribution in [2.75, 3.05) is 5.32 Å². The average Bonchev–Trinajstić information content (AvgIpc) is 3.06. The molecule has 7 nitrogen and oxygen atoms in total. The summed E-state index contributed by atoms with van der Waals surface area (Å²) in [5.41, 5.74) is 1.42. The number of rotatable bonds is 7. The Bertz CT molecular complexity index is 830. The van der Waals surface area contributed by atoms with Crippen LogP contribution in [0.1, 0.15) is 18.9 Å². The summed E-state index contributed by atoms with van der Waals surface area (Å²) < 4.78 is 27.4. The highest BCUT2D eigenvalue weighted by Gasteiger charge is 2.18. The molecule has 0 bridgehead atoms. The van der Waals surface area contributed by atoms with Crippen LogP contribution in [0.5, 0.6) is 0 Å². The number of thiophene rings is 1. The van der Waals surface area contributed by atoms with Crippen LogP contribution in [0.4, 0.5) is 5.69 Å². The van der Waals surface area contributed by atoms with Gasteiger partial charge in [0.05, 0.1) is 4.90 Å². The first-order valence-electron chi connectivity index (χ1n) is 7.40. The maximum atomic E-state index is 12.0. The zero-order valence-corrected chi connectivity index (χ0v) is 15.1. The van der Waals surface area contributed by atoms with Crippen molar-refractivity contribution in [2.24, 2.45) is 5.14 Å². The van der Waals surface area contributed by atoms with Crippen LogP contribution in [0.15, 0.2) is 46.0 Å². The minimum Gasteiger partial charge on any atom is -0.453 e. The molecule has 2 aromatic rings. The van der Waals surface area contributed by atoms with Crippen molar-refractivity contribution >= 4 is 38.9 Å². The summed E-state index contributed by atoms with van der Waals surface area (Å²) in [7, 11) is -3.79. The first-order valence-corrected chi connectivity index (χ1v) is 9.89. The van der Waals surface area contributed by atoms with Crippen molar-refractivity contribution in [3.05, 3.63) is 46.7 Å². The number of hydrogen-bond donors (Lipinski definition) is 2. The van der Waals surface area contributed by atoms with Crippen molar-refractivity contribution in [3.63, 3.8) is 0 Å². The Morgan fingerprint density at radius 1 is 1.24 bits per heavy atom. The summed E-state index contributed by atoms with van der Waals surface area (Å²) >= 11 is 1.55. The molecule has 0 aliphatic carbocycles. The van der Waals surface area contributed by atoms with Crippen LogP contribution in [-0.4, -0.2) is 26.4 Å². The molecule has 134 valence electrons. The highest BCUT2D eigenvalue weighted by Crippen LogP contribution is 2.14. The molecule has 1 aromatic carbocycles. The lowest BCUT2D eigenvalue weighted by molar-refractivity contribution is -0.153. The van der Waals surface area contributed by atoms with E-state index in [1.54, 1.807) is 11.3 Å². The molecule has 0 unspecified atom stereocenters. The zero-order valence-electron chi connectivity index (χ0n) is 13.5. The summed E-state index contributed by atoms with van der Waals surface area (Å²) in [6.45, 7) is 1.47. The molecular weight excluding hydrogens is 364 g/mol. The number of hydrogen-bond acceptors (Lipinski definition) is 6. The Morgan fingerprint density at radius 2 is 1.92 bits per heavy atom. The smallest absolute Gasteiger partial charge is 0.306 e. The molecule has 3 N–H and O–H groups in total. The predicted octanol–water partition coefficient (Wildman–Crippen LogP) is 1.90. The molecule has 0 radical (unpaired) electrons. The molecule has 0 spiro atoms. The van der Waals surface area contributed by atoms with Gasteiger partial charge in [0.15, 0.2) is 6.10 Å². The van der Waals surface area contributed by atoms with Gasteiger partial charge < -0.3 is 10.1 Å². The van der Waals surface area contributed by atoms with E-state index in [0.717, 1.165) is 5.56 Å². The van der Waals surface area contributed by atoms with Crippen LogP contribution in [0.2, 0.25) is 0 Å². The van der Waals surface area contributed by atoms with Crippen LogP contribution in [-0.2, 0) is 30.8 Å². The lowest BCUT2D eigenvalue weighted by atomic mass is 10.2. The molecule has 0 saturated heterocycles. The second-order valence-electron chi connectivity index (χ2n) is 5.32. The molecule has 1 aromatic heterocycles. The zero-order chi connectivity index (χ0) is 18.4. The van der Waals surface area contributed by atoms with E-state index in [1.807, 2.05) is 16.8 Å². The van der Waals surface area contributed by atoms with Gasteiger partial charge in [0.2, 0.25) is 10.0 Å². The summed E-state index contributed by atoms with van der Waals surface area (Å²) in [6.07, 6.45) is -0.212. The number of ether oxygens (including phenoxy) is 1. The summed E-state index contributed by atoms with van der Waals surface area (Å²) in [5, 5.41) is 11.4. The number of primary sulfonamides is 1. The maximum Gasteiger partial charge on any atom is 0.306 e. The van der Waals surface area contributed by atoms with Gasteiger partial charge in [0.25, 0.3) is 5.91 Å². The second-order valence-corrected chi connectivity index (χ2v) is 7.66. The number of sulfonamides is 1. The molecule has 9 heteroatoms. The molecule has 0 fully saturated rings. The van der Waals surface area contributed by atoms with E-state index in [2.05, 4.69) is 5.32 Å². The summed E-state index contributed by atoms with van der Waals surface area (Å²) in [4.78, 5) is 23.8. The number of amides is 1. The number of esters is 1. The topological polar surface area (TPSA) is 116 Å². The number of benzene rings is 1. The van der Waals surface area contributed by atoms with Gasteiger partial charge in [-0.3, -0.25) is 9.59 Å². The Hall–Kier alpha value is -2.23. The molecule has 1 heterocycles. The van der Waals surface area contributed by atoms with Crippen molar-refractivity contribution in [1.29, 1.82) is 0 Å². The predicted molar refractivity (Wildman–Crippen MR) is 94.6 cm³/mol. The summed E-state index contributed by atoms with van der Waals surface area (Å²) in [5.74, 6) is -0.967. The molecule has 1 atom stereocenters. The van der Waals surface area contributed by atoms with Gasteiger partial charge in [-0.2, -0.15) is 11.3 Å². The van der Waals surface area contributed by atoms with Gasteiger partial charge >= 0.3 is 5.97 Å². The minimum absolute atomic E-state index is 0.0570. The van der Waals surface area contributed by atoms with E-state index >= 15 is 0 Å². The average molecular weight is 382 g/mol. The SMILES string of the molecule is C[C@@H](OC(=O)CCc1ccsc1)C(=O)Nc1ccc(S(N)(=O)=O)cc1. The summed E-state index contributed by atoms with van der Waals surface area (Å²) in [6, 6.07) is 7.30. The fraction of sp³-hybridized carbons (Fsp3) is 0.250. The van der Waals surface area contributed by atoms with Gasteiger partial charge in [-0.05, 0) is 60.0 Å². The number of anilines is 1. The third-order valence-corrected chi connectivity index (χ3v) is 4.99. The van der Waals surface area contributed by atoms with Gasteiger partial charge in [-0.15, -0.1) is 0 Å². The van der Waals surface area contributed by atoms with Crippen molar-refractivity contribution < 1.29 is 22.7 Å². The van der Waals surface area contributed by atoms with Crippen molar-refractivity contribution in [2.45, 2.75) is 30.8 Å². The number of carbonyl (C=O) groups excluding carboxylic acids is 2. The highest BCUT2D eigenvalue weighted by atomic mass is 32.2. The van der Waals surface area contributed by atoms with E-state index in [4.69, 9.17) is 9.88 Å². The van der Waals surface area contributed by atoms with Crippen LogP contribution in [0, 0.1) is 0 Å². The number of carbonyl (C=O) groups is 2. The fourth-order valence-electron chi connectivity index (χ4n) is 1.96. The minimum atomic E-state index is -3.79. The standard InChI is InChI=1S/C16H18N2O5S2/c1-11(23-15(19)7-2-12-8-9-24-10-12)16(20)18-13-3-5-14(6-4-13)25(17,21)22/h3-6,8-11H,2,7H2,1H3,(H,18,20)(H2,17,21,22)/t11-/m1/s1. The maximum absolute atomic E-state index is 12.0. The van der Waals surface area contributed by atoms with Crippen LogP contribution >= 0.6 is 11.3 Å². The van der Waals surface area contributed by atoms with Crippen LogP contribution in [0.3, 0.4) is 0 Å². The first kappa shape index (κ1) is 19.1. The second kappa shape index (κ2) is 8.24. The Balaban J connectivity index is 1.84. The van der Waals surface area contributed by atoms with E-state index in [1.165, 1.54) is 31.2 Å². The number of aryl methyl sites for hydroxylation is 1. The normalized spacial score (nSPS) is 12.4. The van der Waals surface area contributed by atoms with E-state index in [0.29, 0.717) is 12.1 Å². The van der Waals surface area contributed by atoms with E-state index < -0.39 is 28.0 Å². The lowest BCUT2D eigenvalue weighted by Crippen LogP contribution is -2.30. The molecule has 0 aliphatic rings. The fourth-order valence-corrected chi connectivity index (χ4v) is 3.18. The molecule has 1 amide bonds. The quantitative estimate of drug-likeness (QED) is 0.710. The van der Waals surface area contributed by atoms with Gasteiger partial charge in [-0.1, -0.05) is 0 Å². The third kappa shape index (κ3) is 5.96. The molecule has 2 rings (SSSR count). The van der Waals surface area contributed by atoms with Gasteiger partial charge in [-0.25, -0.2) is 13.6 Å². The Labute approximate surface area is 149 Å². The molecule has 25 heavy (non-hydrogen) atoms. The van der Waals surface area contributed by atoms with Crippen molar-refractivity contribution in [3.8, 4) is 0 Å². The lowest BCUT2D eigenvalue weighted by Gasteiger charge is -2.13. The monoisotopic (exact) mass is 382 g/mol.